The number of hydrogen-bond acceptors (Lipinski definition) is 8. The standard InChI is InChI=1S/C16H16ClN5O5/c1-26-14(23)10-6-12(17)20-13(7-10)27-11-8-18-15(19-9-11)21-2-4-22(5-3-21)16(24)25/h6-9H,2-5H2,1H3,(H,24,25). The number of ether oxygens (including phenoxy) is 2. The first-order valence-electron chi connectivity index (χ1n) is 7.95. The highest BCUT2D eigenvalue weighted by Crippen LogP contribution is 2.23. The number of rotatable bonds is 4. The third kappa shape index (κ3) is 4.53. The molecule has 0 unspecified atom stereocenters. The van der Waals surface area contributed by atoms with E-state index in [2.05, 4.69) is 19.7 Å². The van der Waals surface area contributed by atoms with Crippen LogP contribution in [0.15, 0.2) is 24.5 Å². The van der Waals surface area contributed by atoms with Crippen LogP contribution in [-0.4, -0.2) is 70.3 Å². The summed E-state index contributed by atoms with van der Waals surface area (Å²) < 4.78 is 10.2. The Morgan fingerprint density at radius 2 is 1.81 bits per heavy atom. The van der Waals surface area contributed by atoms with E-state index in [1.54, 1.807) is 0 Å². The van der Waals surface area contributed by atoms with Crippen molar-refractivity contribution in [1.29, 1.82) is 0 Å². The molecule has 1 amide bonds. The second-order valence-corrected chi connectivity index (χ2v) is 5.97. The highest BCUT2D eigenvalue weighted by atomic mass is 35.5. The fourth-order valence-corrected chi connectivity index (χ4v) is 2.71. The summed E-state index contributed by atoms with van der Waals surface area (Å²) in [4.78, 5) is 38.3. The fourth-order valence-electron chi connectivity index (χ4n) is 2.50. The number of anilines is 1. The lowest BCUT2D eigenvalue weighted by atomic mass is 10.3. The molecule has 2 aromatic rings. The number of nitrogens with zero attached hydrogens (tertiary/aromatic N) is 5. The van der Waals surface area contributed by atoms with Crippen molar-refractivity contribution in [1.82, 2.24) is 19.9 Å². The Morgan fingerprint density at radius 1 is 1.15 bits per heavy atom. The summed E-state index contributed by atoms with van der Waals surface area (Å²) in [5, 5.41) is 9.06. The number of piperazine rings is 1. The molecule has 1 fully saturated rings. The Morgan fingerprint density at radius 3 is 2.41 bits per heavy atom. The van der Waals surface area contributed by atoms with E-state index in [9.17, 15) is 9.59 Å². The number of methoxy groups -OCH3 is 1. The normalized spacial score (nSPS) is 14.0. The summed E-state index contributed by atoms with van der Waals surface area (Å²) in [6, 6.07) is 2.77. The van der Waals surface area contributed by atoms with Crippen LogP contribution in [0, 0.1) is 0 Å². The first-order chi connectivity index (χ1) is 13.0. The minimum Gasteiger partial charge on any atom is -0.465 e. The Kier molecular flexibility index (Phi) is 5.55. The Hall–Kier alpha value is -3.14. The zero-order valence-corrected chi connectivity index (χ0v) is 15.1. The number of amides is 1. The SMILES string of the molecule is COC(=O)c1cc(Cl)nc(Oc2cnc(N3CCN(C(=O)O)CC3)nc2)c1. The fraction of sp³-hybridized carbons (Fsp3) is 0.312. The number of esters is 1. The summed E-state index contributed by atoms with van der Waals surface area (Å²) in [5.41, 5.74) is 0.210. The molecule has 10 nitrogen and oxygen atoms in total. The van der Waals surface area contributed by atoms with Crippen molar-refractivity contribution in [3.8, 4) is 11.6 Å². The quantitative estimate of drug-likeness (QED) is 0.613. The maximum absolute atomic E-state index is 11.6. The molecule has 1 N–H and O–H groups in total. The van der Waals surface area contributed by atoms with Gasteiger partial charge in [0.15, 0.2) is 5.75 Å². The minimum atomic E-state index is -0.931. The van der Waals surface area contributed by atoms with Crippen molar-refractivity contribution in [2.75, 3.05) is 38.2 Å². The van der Waals surface area contributed by atoms with Gasteiger partial charge in [-0.2, -0.15) is 0 Å². The van der Waals surface area contributed by atoms with Crippen molar-refractivity contribution in [3.05, 3.63) is 35.2 Å². The van der Waals surface area contributed by atoms with Crippen molar-refractivity contribution < 1.29 is 24.2 Å². The number of carboxylic acid groups (broad SMARTS) is 1. The molecule has 0 aromatic carbocycles. The van der Waals surface area contributed by atoms with Crippen LogP contribution in [0.2, 0.25) is 5.15 Å². The van der Waals surface area contributed by atoms with E-state index in [-0.39, 0.29) is 16.6 Å². The minimum absolute atomic E-state index is 0.0849. The summed E-state index contributed by atoms with van der Waals surface area (Å²) in [6.07, 6.45) is 2.00. The van der Waals surface area contributed by atoms with Crippen LogP contribution in [0.25, 0.3) is 0 Å². The van der Waals surface area contributed by atoms with Gasteiger partial charge in [-0.1, -0.05) is 11.6 Å². The van der Waals surface area contributed by atoms with E-state index >= 15 is 0 Å². The van der Waals surface area contributed by atoms with Gasteiger partial charge in [0.25, 0.3) is 0 Å². The summed E-state index contributed by atoms with van der Waals surface area (Å²) >= 11 is 5.90. The maximum Gasteiger partial charge on any atom is 0.407 e. The van der Waals surface area contributed by atoms with Crippen molar-refractivity contribution in [2.24, 2.45) is 0 Å². The maximum atomic E-state index is 11.6. The molecule has 0 saturated carbocycles. The molecule has 3 rings (SSSR count). The zero-order chi connectivity index (χ0) is 19.4. The predicted octanol–water partition coefficient (Wildman–Crippen LogP) is 1.90. The van der Waals surface area contributed by atoms with Gasteiger partial charge < -0.3 is 24.4 Å². The van der Waals surface area contributed by atoms with E-state index in [0.717, 1.165) is 0 Å². The van der Waals surface area contributed by atoms with Gasteiger partial charge in [-0.15, -0.1) is 0 Å². The first-order valence-corrected chi connectivity index (χ1v) is 8.32. The van der Waals surface area contributed by atoms with Gasteiger partial charge in [0.2, 0.25) is 11.8 Å². The molecule has 2 aromatic heterocycles. The van der Waals surface area contributed by atoms with Crippen LogP contribution in [0.3, 0.4) is 0 Å². The van der Waals surface area contributed by atoms with Crippen LogP contribution < -0.4 is 9.64 Å². The van der Waals surface area contributed by atoms with Gasteiger partial charge >= 0.3 is 12.1 Å². The van der Waals surface area contributed by atoms with Crippen molar-refractivity contribution in [3.63, 3.8) is 0 Å². The smallest absolute Gasteiger partial charge is 0.407 e. The molecule has 0 bridgehead atoms. The monoisotopic (exact) mass is 393 g/mol. The molecule has 0 spiro atoms. The molecule has 0 atom stereocenters. The zero-order valence-electron chi connectivity index (χ0n) is 14.3. The Labute approximate surface area is 159 Å². The number of carbonyl (C=O) groups is 2. The molecular formula is C16H16ClN5O5. The van der Waals surface area contributed by atoms with E-state index in [1.165, 1.54) is 36.5 Å². The molecule has 1 aliphatic heterocycles. The molecule has 3 heterocycles. The Bertz CT molecular complexity index is 840. The number of pyridine rings is 1. The van der Waals surface area contributed by atoms with Gasteiger partial charge in [-0.25, -0.2) is 24.5 Å². The Balaban J connectivity index is 1.67. The van der Waals surface area contributed by atoms with E-state index < -0.39 is 12.1 Å². The van der Waals surface area contributed by atoms with Gasteiger partial charge in [0, 0.05) is 32.2 Å². The van der Waals surface area contributed by atoms with Crippen molar-refractivity contribution >= 4 is 29.6 Å². The number of halogens is 1. The van der Waals surface area contributed by atoms with Crippen LogP contribution in [0.1, 0.15) is 10.4 Å². The molecular weight excluding hydrogens is 378 g/mol. The van der Waals surface area contributed by atoms with Crippen LogP contribution in [0.4, 0.5) is 10.7 Å². The number of aromatic nitrogens is 3. The first kappa shape index (κ1) is 18.6. The second kappa shape index (κ2) is 8.04. The van der Waals surface area contributed by atoms with Gasteiger partial charge in [-0.05, 0) is 6.07 Å². The summed E-state index contributed by atoms with van der Waals surface area (Å²) in [5.74, 6) is 0.334. The average molecular weight is 394 g/mol. The average Bonchev–Trinajstić information content (AvgIpc) is 2.67. The second-order valence-electron chi connectivity index (χ2n) is 5.59. The molecule has 142 valence electrons. The largest absolute Gasteiger partial charge is 0.465 e. The predicted molar refractivity (Wildman–Crippen MR) is 94.5 cm³/mol. The lowest BCUT2D eigenvalue weighted by molar-refractivity contribution is 0.0600. The highest BCUT2D eigenvalue weighted by Gasteiger charge is 2.22. The van der Waals surface area contributed by atoms with Gasteiger partial charge in [0.1, 0.15) is 5.15 Å². The highest BCUT2D eigenvalue weighted by molar-refractivity contribution is 6.29. The topological polar surface area (TPSA) is 118 Å². The van der Waals surface area contributed by atoms with Gasteiger partial charge in [0.05, 0.1) is 25.1 Å². The lowest BCUT2D eigenvalue weighted by Crippen LogP contribution is -2.48. The third-order valence-corrected chi connectivity index (χ3v) is 4.06. The lowest BCUT2D eigenvalue weighted by Gasteiger charge is -2.32. The molecule has 11 heteroatoms. The van der Waals surface area contributed by atoms with Gasteiger partial charge in [-0.3, -0.25) is 0 Å². The summed E-state index contributed by atoms with van der Waals surface area (Å²) in [6.45, 7) is 1.79. The summed E-state index contributed by atoms with van der Waals surface area (Å²) in [7, 11) is 1.26. The number of hydrogen-bond donors (Lipinski definition) is 1. The molecule has 0 aliphatic carbocycles. The van der Waals surface area contributed by atoms with Crippen molar-refractivity contribution in [2.45, 2.75) is 0 Å². The molecule has 27 heavy (non-hydrogen) atoms. The van der Waals surface area contributed by atoms with Crippen LogP contribution >= 0.6 is 11.6 Å². The molecule has 1 saturated heterocycles. The number of carbonyl (C=O) groups excluding carboxylic acids is 1. The van der Waals surface area contributed by atoms with Crippen LogP contribution in [-0.2, 0) is 4.74 Å². The third-order valence-electron chi connectivity index (χ3n) is 3.86. The van der Waals surface area contributed by atoms with Crippen LogP contribution in [0.5, 0.6) is 11.6 Å². The van der Waals surface area contributed by atoms with E-state index in [4.69, 9.17) is 21.4 Å². The van der Waals surface area contributed by atoms with E-state index in [1.807, 2.05) is 4.90 Å². The van der Waals surface area contributed by atoms with E-state index in [0.29, 0.717) is 37.9 Å². The molecule has 0 radical (unpaired) electrons. The molecule has 1 aliphatic rings.